The molecule has 1 unspecified atom stereocenters. The summed E-state index contributed by atoms with van der Waals surface area (Å²) in [4.78, 5) is 25.1. The average Bonchev–Trinajstić information content (AvgIpc) is 2.83. The van der Waals surface area contributed by atoms with Crippen molar-refractivity contribution >= 4 is 17.5 Å². The third kappa shape index (κ3) is 3.39. The van der Waals surface area contributed by atoms with Crippen molar-refractivity contribution in [1.29, 1.82) is 0 Å². The summed E-state index contributed by atoms with van der Waals surface area (Å²) in [6.45, 7) is 4.95. The summed E-state index contributed by atoms with van der Waals surface area (Å²) < 4.78 is 13.9. The van der Waals surface area contributed by atoms with Gasteiger partial charge in [-0.2, -0.15) is 0 Å². The van der Waals surface area contributed by atoms with Gasteiger partial charge in [0.25, 0.3) is 5.91 Å². The predicted octanol–water partition coefficient (Wildman–Crippen LogP) is 1.59. The van der Waals surface area contributed by atoms with Crippen LogP contribution in [0.1, 0.15) is 30.6 Å². The van der Waals surface area contributed by atoms with Crippen LogP contribution < -0.4 is 11.1 Å². The van der Waals surface area contributed by atoms with Gasteiger partial charge in [0.15, 0.2) is 0 Å². The summed E-state index contributed by atoms with van der Waals surface area (Å²) in [6.07, 6.45) is 0.808. The lowest BCUT2D eigenvalue weighted by Crippen LogP contribution is -2.34. The molecular weight excluding hydrogens is 273 g/mol. The van der Waals surface area contributed by atoms with Gasteiger partial charge >= 0.3 is 0 Å². The lowest BCUT2D eigenvalue weighted by Gasteiger charge is -2.22. The molecule has 1 atom stereocenters. The molecule has 1 aliphatic heterocycles. The predicted molar refractivity (Wildman–Crippen MR) is 78.4 cm³/mol. The highest BCUT2D eigenvalue weighted by Crippen LogP contribution is 2.30. The Hall–Kier alpha value is -1.95. The number of nitrogens with one attached hydrogen (secondary N) is 1. The zero-order valence-corrected chi connectivity index (χ0v) is 12.3. The van der Waals surface area contributed by atoms with E-state index in [0.717, 1.165) is 6.42 Å². The molecule has 1 fully saturated rings. The van der Waals surface area contributed by atoms with Crippen LogP contribution in [0, 0.1) is 11.2 Å². The lowest BCUT2D eigenvalue weighted by molar-refractivity contribution is -0.114. The topological polar surface area (TPSA) is 75.4 Å². The maximum absolute atomic E-state index is 13.9. The van der Waals surface area contributed by atoms with Crippen LogP contribution in [0.2, 0.25) is 0 Å². The maximum Gasteiger partial charge on any atom is 0.256 e. The Balaban J connectivity index is 2.21. The van der Waals surface area contributed by atoms with E-state index in [0.29, 0.717) is 25.3 Å². The molecule has 0 aliphatic carbocycles. The third-order valence-electron chi connectivity index (χ3n) is 3.86. The Bertz CT molecular complexity index is 576. The number of hydrogen-bond acceptors (Lipinski definition) is 3. The smallest absolute Gasteiger partial charge is 0.256 e. The van der Waals surface area contributed by atoms with Gasteiger partial charge in [-0.3, -0.25) is 9.59 Å². The van der Waals surface area contributed by atoms with Crippen molar-refractivity contribution in [3.8, 4) is 0 Å². The normalized spacial score (nSPS) is 21.4. The highest BCUT2D eigenvalue weighted by Gasteiger charge is 2.35. The van der Waals surface area contributed by atoms with Crippen LogP contribution in [0.3, 0.4) is 0 Å². The van der Waals surface area contributed by atoms with Gasteiger partial charge in [-0.1, -0.05) is 6.92 Å². The fourth-order valence-corrected chi connectivity index (χ4v) is 2.50. The highest BCUT2D eigenvalue weighted by molar-refractivity contribution is 5.97. The van der Waals surface area contributed by atoms with Gasteiger partial charge in [-0.15, -0.1) is 0 Å². The Labute approximate surface area is 123 Å². The van der Waals surface area contributed by atoms with Crippen LogP contribution in [0.5, 0.6) is 0 Å². The van der Waals surface area contributed by atoms with E-state index in [4.69, 9.17) is 5.73 Å². The number of likely N-dealkylation sites (tertiary alicyclic amines) is 1. The Morgan fingerprint density at radius 1 is 1.48 bits per heavy atom. The molecule has 0 spiro atoms. The zero-order valence-electron chi connectivity index (χ0n) is 12.3. The summed E-state index contributed by atoms with van der Waals surface area (Å²) in [7, 11) is 0. The molecule has 114 valence electrons. The number of halogens is 1. The van der Waals surface area contributed by atoms with Gasteiger partial charge in [-0.05, 0) is 36.6 Å². The van der Waals surface area contributed by atoms with Crippen molar-refractivity contribution in [2.24, 2.45) is 11.1 Å². The first-order chi connectivity index (χ1) is 9.84. The van der Waals surface area contributed by atoms with E-state index in [9.17, 15) is 14.0 Å². The number of nitrogens with zero attached hydrogens (tertiary/aromatic N) is 1. The molecular formula is C15H20FN3O2. The van der Waals surface area contributed by atoms with Gasteiger partial charge in [0.05, 0.1) is 5.56 Å². The van der Waals surface area contributed by atoms with Crippen molar-refractivity contribution in [3.63, 3.8) is 0 Å². The minimum atomic E-state index is -0.588. The molecule has 5 nitrogen and oxygen atoms in total. The minimum Gasteiger partial charge on any atom is -0.338 e. The van der Waals surface area contributed by atoms with Gasteiger partial charge < -0.3 is 16.0 Å². The van der Waals surface area contributed by atoms with Gasteiger partial charge in [0.2, 0.25) is 5.91 Å². The third-order valence-corrected chi connectivity index (χ3v) is 3.86. The minimum absolute atomic E-state index is 0.0254. The fourth-order valence-electron chi connectivity index (χ4n) is 2.50. The molecule has 2 amide bonds. The van der Waals surface area contributed by atoms with E-state index in [-0.39, 0.29) is 22.8 Å². The second-order valence-corrected chi connectivity index (χ2v) is 5.87. The second kappa shape index (κ2) is 5.81. The van der Waals surface area contributed by atoms with Crippen LogP contribution in [-0.2, 0) is 4.79 Å². The van der Waals surface area contributed by atoms with Crippen LogP contribution in [0.15, 0.2) is 18.2 Å². The van der Waals surface area contributed by atoms with E-state index in [1.807, 2.05) is 6.92 Å². The molecule has 3 N–H and O–H groups in total. The summed E-state index contributed by atoms with van der Waals surface area (Å²) in [5.41, 5.74) is 5.99. The van der Waals surface area contributed by atoms with Crippen molar-refractivity contribution < 1.29 is 14.0 Å². The van der Waals surface area contributed by atoms with Gasteiger partial charge in [0, 0.05) is 25.7 Å². The monoisotopic (exact) mass is 293 g/mol. The quantitative estimate of drug-likeness (QED) is 0.888. The molecule has 1 saturated heterocycles. The number of carbonyl (C=O) groups is 2. The molecule has 1 heterocycles. The van der Waals surface area contributed by atoms with Crippen LogP contribution >= 0.6 is 0 Å². The molecule has 6 heteroatoms. The Morgan fingerprint density at radius 2 is 2.19 bits per heavy atom. The molecule has 1 aromatic rings. The first-order valence-electron chi connectivity index (χ1n) is 6.91. The van der Waals surface area contributed by atoms with Gasteiger partial charge in [0.1, 0.15) is 5.82 Å². The summed E-state index contributed by atoms with van der Waals surface area (Å²) in [5.74, 6) is -1.22. The largest absolute Gasteiger partial charge is 0.338 e. The molecule has 0 radical (unpaired) electrons. The number of amides is 2. The van der Waals surface area contributed by atoms with Gasteiger partial charge in [-0.25, -0.2) is 4.39 Å². The van der Waals surface area contributed by atoms with Crippen LogP contribution in [0.4, 0.5) is 10.1 Å². The van der Waals surface area contributed by atoms with E-state index in [2.05, 4.69) is 5.32 Å². The number of nitrogens with two attached hydrogens (primary N) is 1. The van der Waals surface area contributed by atoms with Crippen molar-refractivity contribution in [2.45, 2.75) is 20.3 Å². The van der Waals surface area contributed by atoms with E-state index >= 15 is 0 Å². The zero-order chi connectivity index (χ0) is 15.6. The van der Waals surface area contributed by atoms with E-state index < -0.39 is 5.82 Å². The molecule has 0 aromatic heterocycles. The second-order valence-electron chi connectivity index (χ2n) is 5.87. The maximum atomic E-state index is 13.9. The number of benzene rings is 1. The van der Waals surface area contributed by atoms with Crippen LogP contribution in [-0.4, -0.2) is 36.3 Å². The SMILES string of the molecule is CC(=O)Nc1ccc(F)c(C(=O)N2CCC(C)(CN)C2)c1. The summed E-state index contributed by atoms with van der Waals surface area (Å²) >= 11 is 0. The standard InChI is InChI=1S/C15H20FN3O2/c1-10(20)18-11-3-4-13(16)12(7-11)14(21)19-6-5-15(2,8-17)9-19/h3-4,7H,5-6,8-9,17H2,1-2H3,(H,18,20). The first-order valence-corrected chi connectivity index (χ1v) is 6.91. The molecule has 21 heavy (non-hydrogen) atoms. The number of hydrogen-bond donors (Lipinski definition) is 2. The fraction of sp³-hybridized carbons (Fsp3) is 0.467. The summed E-state index contributed by atoms with van der Waals surface area (Å²) in [5, 5.41) is 2.55. The van der Waals surface area contributed by atoms with E-state index in [1.165, 1.54) is 25.1 Å². The number of anilines is 1. The van der Waals surface area contributed by atoms with Crippen molar-refractivity contribution in [2.75, 3.05) is 25.0 Å². The van der Waals surface area contributed by atoms with Crippen LogP contribution in [0.25, 0.3) is 0 Å². The first kappa shape index (κ1) is 15.4. The summed E-state index contributed by atoms with van der Waals surface area (Å²) in [6, 6.07) is 4.00. The van der Waals surface area contributed by atoms with Crippen molar-refractivity contribution in [3.05, 3.63) is 29.6 Å². The lowest BCUT2D eigenvalue weighted by atomic mass is 9.90. The average molecular weight is 293 g/mol. The highest BCUT2D eigenvalue weighted by atomic mass is 19.1. The molecule has 0 saturated carbocycles. The Kier molecular flexibility index (Phi) is 4.27. The molecule has 2 rings (SSSR count). The molecule has 1 aliphatic rings. The number of carbonyl (C=O) groups excluding carboxylic acids is 2. The molecule has 1 aromatic carbocycles. The molecule has 0 bridgehead atoms. The van der Waals surface area contributed by atoms with Crippen molar-refractivity contribution in [1.82, 2.24) is 4.90 Å². The van der Waals surface area contributed by atoms with E-state index in [1.54, 1.807) is 4.90 Å². The Morgan fingerprint density at radius 3 is 2.76 bits per heavy atom. The number of rotatable bonds is 3.